The van der Waals surface area contributed by atoms with Crippen LogP contribution >= 0.6 is 16.3 Å². The first kappa shape index (κ1) is 23.5. The molecule has 0 heterocycles. The maximum Gasteiger partial charge on any atom is 0.304 e. The van der Waals surface area contributed by atoms with Crippen LogP contribution in [0.25, 0.3) is 0 Å². The van der Waals surface area contributed by atoms with Crippen molar-refractivity contribution in [1.29, 1.82) is 0 Å². The number of halogens is 1. The van der Waals surface area contributed by atoms with E-state index >= 15 is 0 Å². The van der Waals surface area contributed by atoms with E-state index in [1.807, 2.05) is 0 Å². The lowest BCUT2D eigenvalue weighted by Crippen LogP contribution is -2.76. The summed E-state index contributed by atoms with van der Waals surface area (Å²) < 4.78 is 9.52. The van der Waals surface area contributed by atoms with Gasteiger partial charge in [-0.2, -0.15) is 0 Å². The number of Topliss-reactive ketones (excluding diaryl/α,β-unsaturated/α-hetero) is 4. The van der Waals surface area contributed by atoms with Crippen molar-refractivity contribution in [2.45, 2.75) is 51.1 Å². The van der Waals surface area contributed by atoms with E-state index in [-0.39, 0.29) is 0 Å². The Morgan fingerprint density at radius 2 is 1.48 bits per heavy atom. The van der Waals surface area contributed by atoms with Crippen LogP contribution in [-0.2, 0) is 32.5 Å². The molecule has 11 heteroatoms. The van der Waals surface area contributed by atoms with E-state index in [0.29, 0.717) is 0 Å². The molecule has 0 aromatic heterocycles. The quantitative estimate of drug-likeness (QED) is 0.210. The van der Waals surface area contributed by atoms with Gasteiger partial charge in [-0.1, -0.05) is 0 Å². The summed E-state index contributed by atoms with van der Waals surface area (Å²) in [4.78, 5) is 60.3. The Balaban J connectivity index is 7.11. The maximum atomic E-state index is 12.5. The number of aliphatic hydroxyl groups excluding tert-OH is 3. The number of hydrogen-bond acceptors (Lipinski definition) is 10. The van der Waals surface area contributed by atoms with Crippen molar-refractivity contribution in [2.24, 2.45) is 0 Å². The number of esters is 1. The molecule has 0 saturated heterocycles. The number of rotatable bonds is 10. The minimum absolute atomic E-state index is 0.728. The summed E-state index contributed by atoms with van der Waals surface area (Å²) in [5, 5.41) is 29.1. The van der Waals surface area contributed by atoms with Crippen LogP contribution in [0.15, 0.2) is 0 Å². The van der Waals surface area contributed by atoms with Crippen molar-refractivity contribution in [2.75, 3.05) is 6.61 Å². The zero-order chi connectivity index (χ0) is 20.2. The Labute approximate surface area is 151 Å². The molecule has 0 amide bonds. The standard InChI is InChI=1S/C14H19BrO10/c1-6(17)11(22)13(7(2)18,24-9(4)20)14(25-15,8(3)19)12(23)10(21)5-16/h10,12,16,21,23H,5H2,1-4H3/t10-,12-,13+,14+/m1/s1. The molecule has 0 rings (SSSR count). The van der Waals surface area contributed by atoms with Gasteiger partial charge in [-0.15, -0.1) is 0 Å². The molecule has 0 aromatic rings. The normalized spacial score (nSPS) is 18.2. The van der Waals surface area contributed by atoms with Crippen LogP contribution in [0.5, 0.6) is 0 Å². The molecule has 0 bridgehead atoms. The molecule has 142 valence electrons. The van der Waals surface area contributed by atoms with Crippen LogP contribution in [0.4, 0.5) is 0 Å². The third-order valence-corrected chi connectivity index (χ3v) is 4.08. The van der Waals surface area contributed by atoms with Gasteiger partial charge in [-0.25, -0.2) is 0 Å². The first-order valence-electron chi connectivity index (χ1n) is 6.90. The highest BCUT2D eigenvalue weighted by Crippen LogP contribution is 2.40. The fraction of sp³-hybridized carbons (Fsp3) is 0.643. The van der Waals surface area contributed by atoms with Gasteiger partial charge in [0, 0.05) is 13.8 Å². The molecule has 0 aromatic carbocycles. The van der Waals surface area contributed by atoms with Crippen LogP contribution in [0.1, 0.15) is 27.7 Å². The highest BCUT2D eigenvalue weighted by atomic mass is 79.9. The van der Waals surface area contributed by atoms with Crippen molar-refractivity contribution in [1.82, 2.24) is 0 Å². The fourth-order valence-electron chi connectivity index (χ4n) is 2.44. The Bertz CT molecular complexity index is 588. The summed E-state index contributed by atoms with van der Waals surface area (Å²) in [6.45, 7) is 1.93. The van der Waals surface area contributed by atoms with Gasteiger partial charge in [0.15, 0.2) is 17.3 Å². The van der Waals surface area contributed by atoms with Crippen molar-refractivity contribution in [3.63, 3.8) is 0 Å². The van der Waals surface area contributed by atoms with E-state index in [4.69, 9.17) is 13.7 Å². The summed E-state index contributed by atoms with van der Waals surface area (Å²) in [6, 6.07) is 0. The fourth-order valence-corrected chi connectivity index (χ4v) is 3.08. The van der Waals surface area contributed by atoms with Crippen molar-refractivity contribution < 1.29 is 47.9 Å². The predicted octanol–water partition coefficient (Wildman–Crippen LogP) is -1.60. The largest absolute Gasteiger partial charge is 0.439 e. The molecular weight excluding hydrogens is 408 g/mol. The smallest absolute Gasteiger partial charge is 0.304 e. The summed E-state index contributed by atoms with van der Waals surface area (Å²) in [5.41, 5.74) is -6.27. The number of carbonyl (C=O) groups excluding carboxylic acids is 5. The van der Waals surface area contributed by atoms with Crippen LogP contribution in [0, 0.1) is 0 Å². The van der Waals surface area contributed by atoms with Crippen LogP contribution in [0.2, 0.25) is 0 Å². The third kappa shape index (κ3) is 3.85. The van der Waals surface area contributed by atoms with Gasteiger partial charge in [-0.3, -0.25) is 27.8 Å². The van der Waals surface area contributed by atoms with E-state index in [1.165, 1.54) is 0 Å². The molecule has 0 saturated carbocycles. The van der Waals surface area contributed by atoms with E-state index in [0.717, 1.165) is 27.7 Å². The van der Waals surface area contributed by atoms with E-state index in [9.17, 15) is 34.2 Å². The Hall–Kier alpha value is -1.53. The van der Waals surface area contributed by atoms with Gasteiger partial charge in [0.1, 0.15) is 28.5 Å². The maximum absolute atomic E-state index is 12.5. The number of aliphatic hydroxyl groups is 3. The van der Waals surface area contributed by atoms with Gasteiger partial charge in [0.25, 0.3) is 11.4 Å². The Kier molecular flexibility index (Phi) is 8.18. The van der Waals surface area contributed by atoms with Crippen molar-refractivity contribution in [3.05, 3.63) is 0 Å². The lowest BCUT2D eigenvalue weighted by molar-refractivity contribution is -0.215. The van der Waals surface area contributed by atoms with Crippen LogP contribution < -0.4 is 0 Å². The molecule has 0 aliphatic carbocycles. The van der Waals surface area contributed by atoms with E-state index < -0.39 is 59.1 Å². The summed E-state index contributed by atoms with van der Waals surface area (Å²) in [7, 11) is 0. The number of ketones is 4. The minimum atomic E-state index is -3.23. The second-order valence-electron chi connectivity index (χ2n) is 5.28. The van der Waals surface area contributed by atoms with Crippen LogP contribution in [-0.4, -0.2) is 74.4 Å². The molecule has 0 aliphatic rings. The van der Waals surface area contributed by atoms with Crippen molar-refractivity contribution >= 4 is 45.4 Å². The number of hydrogen-bond donors (Lipinski definition) is 3. The molecule has 25 heavy (non-hydrogen) atoms. The topological polar surface area (TPSA) is 164 Å². The van der Waals surface area contributed by atoms with Crippen molar-refractivity contribution in [3.8, 4) is 0 Å². The van der Waals surface area contributed by atoms with Gasteiger partial charge in [0.05, 0.1) is 6.61 Å². The molecule has 10 nitrogen and oxygen atoms in total. The first-order valence-corrected chi connectivity index (χ1v) is 7.55. The molecule has 4 atom stereocenters. The average Bonchev–Trinajstić information content (AvgIpc) is 2.51. The third-order valence-electron chi connectivity index (χ3n) is 3.57. The van der Waals surface area contributed by atoms with Gasteiger partial charge in [-0.05, 0) is 13.8 Å². The molecule has 0 aliphatic heterocycles. The SMILES string of the molecule is CC(=O)O[C@@](C(C)=O)(C(=O)C(C)=O)[C@](OBr)(C(C)=O)[C@H](O)[C@H](O)CO. The zero-order valence-electron chi connectivity index (χ0n) is 13.9. The summed E-state index contributed by atoms with van der Waals surface area (Å²) in [5.74, 6) is -6.74. The molecule has 0 spiro atoms. The zero-order valence-corrected chi connectivity index (χ0v) is 15.5. The lowest BCUT2D eigenvalue weighted by Gasteiger charge is -2.45. The monoisotopic (exact) mass is 426 g/mol. The molecule has 3 N–H and O–H groups in total. The highest BCUT2D eigenvalue weighted by Gasteiger charge is 2.72. The van der Waals surface area contributed by atoms with Gasteiger partial charge in [0.2, 0.25) is 5.60 Å². The number of ether oxygens (including phenoxy) is 1. The number of carbonyl (C=O) groups is 5. The Morgan fingerprint density at radius 3 is 1.72 bits per heavy atom. The molecule has 0 radical (unpaired) electrons. The van der Waals surface area contributed by atoms with Crippen LogP contribution in [0.3, 0.4) is 0 Å². The van der Waals surface area contributed by atoms with Gasteiger partial charge < -0.3 is 20.1 Å². The second-order valence-corrected chi connectivity index (χ2v) is 5.60. The summed E-state index contributed by atoms with van der Waals surface area (Å²) >= 11 is 2.40. The molecule has 0 unspecified atom stereocenters. The minimum Gasteiger partial charge on any atom is -0.439 e. The molecule has 0 fully saturated rings. The van der Waals surface area contributed by atoms with Gasteiger partial charge >= 0.3 is 5.97 Å². The first-order chi connectivity index (χ1) is 11.4. The molecular formula is C14H19BrO10. The van der Waals surface area contributed by atoms with E-state index in [2.05, 4.69) is 16.3 Å². The van der Waals surface area contributed by atoms with E-state index in [1.54, 1.807) is 0 Å². The Morgan fingerprint density at radius 1 is 1.00 bits per heavy atom. The summed E-state index contributed by atoms with van der Waals surface area (Å²) in [6.07, 6.45) is -4.52. The second kappa shape index (κ2) is 8.72. The highest BCUT2D eigenvalue weighted by molar-refractivity contribution is 9.06. The average molecular weight is 427 g/mol. The predicted molar refractivity (Wildman–Crippen MR) is 83.4 cm³/mol. The lowest BCUT2D eigenvalue weighted by atomic mass is 9.69.